The lowest BCUT2D eigenvalue weighted by molar-refractivity contribution is -0.192. The fourth-order valence-corrected chi connectivity index (χ4v) is 3.19. The Hall–Kier alpha value is -3.58. The molecule has 7 N–H and O–H groups in total. The monoisotopic (exact) mass is 495 g/mol. The molecule has 0 aromatic heterocycles. The van der Waals surface area contributed by atoms with Crippen molar-refractivity contribution in [1.29, 1.82) is 0 Å². The van der Waals surface area contributed by atoms with Crippen LogP contribution in [0.2, 0.25) is 0 Å². The van der Waals surface area contributed by atoms with Crippen molar-refractivity contribution in [2.24, 2.45) is 17.6 Å². The molecule has 2 aliphatic carbocycles. The van der Waals surface area contributed by atoms with Crippen molar-refractivity contribution in [3.05, 3.63) is 35.4 Å². The number of carboxylic acids is 1. The van der Waals surface area contributed by atoms with E-state index in [1.807, 2.05) is 0 Å². The van der Waals surface area contributed by atoms with Crippen LogP contribution in [0.15, 0.2) is 24.3 Å². The number of carbonyl (C=O) groups excluding carboxylic acids is 2. The number of aliphatic hydroxyl groups excluding tert-OH is 1. The fourth-order valence-electron chi connectivity index (χ4n) is 3.19. The summed E-state index contributed by atoms with van der Waals surface area (Å²) < 4.78 is 31.7. The zero-order chi connectivity index (χ0) is 26.2. The lowest BCUT2D eigenvalue weighted by Crippen LogP contribution is -2.67. The Morgan fingerprint density at radius 1 is 1.17 bits per heavy atom. The SMILES string of the molecule is NC1([C@H](NC(=O)c2ccc(C#CC#C[C@@H]3C[C@H]3CO)cc2)C(=O)NO)CCC1.O=C(O)C(F)(F)F. The first-order valence-electron chi connectivity index (χ1n) is 10.5. The van der Waals surface area contributed by atoms with Gasteiger partial charge in [0.25, 0.3) is 11.8 Å². The number of nitrogens with two attached hydrogens (primary N) is 1. The third kappa shape index (κ3) is 8.00. The molecule has 2 aliphatic rings. The van der Waals surface area contributed by atoms with Gasteiger partial charge in [-0.2, -0.15) is 13.2 Å². The molecule has 0 bridgehead atoms. The summed E-state index contributed by atoms with van der Waals surface area (Å²) >= 11 is 0. The largest absolute Gasteiger partial charge is 0.490 e. The topological polar surface area (TPSA) is 162 Å². The van der Waals surface area contributed by atoms with Crippen molar-refractivity contribution >= 4 is 17.8 Å². The predicted octanol–water partition coefficient (Wildman–Crippen LogP) is 0.788. The van der Waals surface area contributed by atoms with E-state index in [2.05, 4.69) is 29.0 Å². The third-order valence-corrected chi connectivity index (χ3v) is 5.58. The molecular formula is C23H24F3N3O6. The standard InChI is InChI=1S/C21H23N3O4.C2HF3O2/c22-21(10-3-11-21)18(20(27)24-28)23-19(26)15-8-6-14(7-9-15)4-1-2-5-16-12-17(16)13-25;3-2(4,5)1(6)7/h6-9,16-18,25,28H,3,10-13,22H2,(H,23,26)(H,24,27);(H,6,7)/t16-,17+,18-;/m1./s1. The van der Waals surface area contributed by atoms with Crippen molar-refractivity contribution in [2.75, 3.05) is 6.61 Å². The zero-order valence-electron chi connectivity index (χ0n) is 18.4. The minimum atomic E-state index is -5.08. The number of benzene rings is 1. The van der Waals surface area contributed by atoms with Crippen LogP contribution in [-0.4, -0.2) is 57.6 Å². The van der Waals surface area contributed by atoms with Gasteiger partial charge in [0.15, 0.2) is 0 Å². The van der Waals surface area contributed by atoms with Crippen molar-refractivity contribution in [3.8, 4) is 23.7 Å². The van der Waals surface area contributed by atoms with E-state index in [-0.39, 0.29) is 18.4 Å². The van der Waals surface area contributed by atoms with Gasteiger partial charge >= 0.3 is 12.1 Å². The lowest BCUT2D eigenvalue weighted by Gasteiger charge is -2.43. The Kier molecular flexibility index (Phi) is 9.25. The number of amides is 2. The summed E-state index contributed by atoms with van der Waals surface area (Å²) in [4.78, 5) is 33.3. The molecule has 3 rings (SSSR count). The van der Waals surface area contributed by atoms with E-state index >= 15 is 0 Å². The van der Waals surface area contributed by atoms with Crippen molar-refractivity contribution < 1.29 is 43.0 Å². The molecular weight excluding hydrogens is 471 g/mol. The molecule has 0 saturated heterocycles. The average molecular weight is 495 g/mol. The van der Waals surface area contributed by atoms with E-state index in [0.29, 0.717) is 24.0 Å². The van der Waals surface area contributed by atoms with Gasteiger partial charge in [0.05, 0.1) is 0 Å². The third-order valence-electron chi connectivity index (χ3n) is 5.58. The van der Waals surface area contributed by atoms with Crippen LogP contribution in [0.1, 0.15) is 41.6 Å². The highest BCUT2D eigenvalue weighted by molar-refractivity contribution is 5.98. The molecule has 3 atom stereocenters. The van der Waals surface area contributed by atoms with Crippen LogP contribution in [-0.2, 0) is 9.59 Å². The molecule has 9 nitrogen and oxygen atoms in total. The maximum atomic E-state index is 12.5. The highest BCUT2D eigenvalue weighted by Gasteiger charge is 2.45. The molecule has 1 aromatic carbocycles. The van der Waals surface area contributed by atoms with Crippen molar-refractivity contribution in [2.45, 2.75) is 43.4 Å². The van der Waals surface area contributed by atoms with E-state index < -0.39 is 35.5 Å². The van der Waals surface area contributed by atoms with E-state index in [9.17, 15) is 22.8 Å². The van der Waals surface area contributed by atoms with Crippen LogP contribution in [0.5, 0.6) is 0 Å². The second-order valence-corrected chi connectivity index (χ2v) is 8.15. The zero-order valence-corrected chi connectivity index (χ0v) is 18.4. The van der Waals surface area contributed by atoms with E-state index in [1.165, 1.54) is 0 Å². The minimum Gasteiger partial charge on any atom is -0.475 e. The summed E-state index contributed by atoms with van der Waals surface area (Å²) in [6.45, 7) is 0.169. The maximum absolute atomic E-state index is 12.5. The summed E-state index contributed by atoms with van der Waals surface area (Å²) in [6, 6.07) is 5.60. The van der Waals surface area contributed by atoms with Crippen LogP contribution >= 0.6 is 0 Å². The van der Waals surface area contributed by atoms with Gasteiger partial charge in [-0.15, -0.1) is 0 Å². The number of hydrogen-bond donors (Lipinski definition) is 6. The molecule has 12 heteroatoms. The average Bonchev–Trinajstić information content (AvgIpc) is 3.57. The summed E-state index contributed by atoms with van der Waals surface area (Å²) in [5, 5.41) is 27.6. The first kappa shape index (κ1) is 27.7. The van der Waals surface area contributed by atoms with Gasteiger partial charge in [0.2, 0.25) is 0 Å². The van der Waals surface area contributed by atoms with Gasteiger partial charge in [-0.1, -0.05) is 11.8 Å². The fraction of sp³-hybridized carbons (Fsp3) is 0.435. The smallest absolute Gasteiger partial charge is 0.475 e. The highest BCUT2D eigenvalue weighted by atomic mass is 19.4. The Bertz CT molecular complexity index is 1060. The van der Waals surface area contributed by atoms with Gasteiger partial charge < -0.3 is 21.3 Å². The van der Waals surface area contributed by atoms with E-state index in [1.54, 1.807) is 29.7 Å². The summed E-state index contributed by atoms with van der Waals surface area (Å²) in [5.74, 6) is 8.06. The number of aliphatic hydroxyl groups is 1. The lowest BCUT2D eigenvalue weighted by atomic mass is 9.72. The summed E-state index contributed by atoms with van der Waals surface area (Å²) in [5.41, 5.74) is 7.95. The molecule has 2 saturated carbocycles. The van der Waals surface area contributed by atoms with Crippen LogP contribution < -0.4 is 16.5 Å². The molecule has 35 heavy (non-hydrogen) atoms. The number of aliphatic carboxylic acids is 1. The molecule has 0 spiro atoms. The molecule has 0 aliphatic heterocycles. The number of hydrogen-bond acceptors (Lipinski definition) is 6. The predicted molar refractivity (Wildman–Crippen MR) is 115 cm³/mol. The molecule has 0 heterocycles. The van der Waals surface area contributed by atoms with Gasteiger partial charge in [-0.3, -0.25) is 14.8 Å². The number of rotatable bonds is 5. The Labute approximate surface area is 198 Å². The molecule has 0 radical (unpaired) electrons. The van der Waals surface area contributed by atoms with Crippen molar-refractivity contribution in [1.82, 2.24) is 10.8 Å². The van der Waals surface area contributed by atoms with Crippen molar-refractivity contribution in [3.63, 3.8) is 0 Å². The quantitative estimate of drug-likeness (QED) is 0.200. The van der Waals surface area contributed by atoms with Crippen LogP contribution in [0.4, 0.5) is 13.2 Å². The number of alkyl halides is 3. The second-order valence-electron chi connectivity index (χ2n) is 8.15. The van der Waals surface area contributed by atoms with Gasteiger partial charge in [0, 0.05) is 29.2 Å². The van der Waals surface area contributed by atoms with Crippen LogP contribution in [0, 0.1) is 35.5 Å². The summed E-state index contributed by atoms with van der Waals surface area (Å²) in [7, 11) is 0. The number of hydroxylamine groups is 1. The number of carbonyl (C=O) groups is 3. The Morgan fingerprint density at radius 3 is 2.20 bits per heavy atom. The Balaban J connectivity index is 0.000000540. The number of nitrogens with one attached hydrogen (secondary N) is 2. The first-order valence-corrected chi connectivity index (χ1v) is 10.5. The van der Waals surface area contributed by atoms with E-state index in [4.69, 9.17) is 25.9 Å². The van der Waals surface area contributed by atoms with Crippen LogP contribution in [0.3, 0.4) is 0 Å². The molecule has 2 fully saturated rings. The first-order chi connectivity index (χ1) is 16.4. The molecule has 0 unspecified atom stereocenters. The summed E-state index contributed by atoms with van der Waals surface area (Å²) in [6.07, 6.45) is -2.09. The molecule has 1 aromatic rings. The van der Waals surface area contributed by atoms with Gasteiger partial charge in [-0.25, -0.2) is 10.3 Å². The van der Waals surface area contributed by atoms with Gasteiger partial charge in [0.1, 0.15) is 6.04 Å². The number of halogens is 3. The molecule has 188 valence electrons. The number of carboxylic acid groups (broad SMARTS) is 1. The molecule has 2 amide bonds. The van der Waals surface area contributed by atoms with Gasteiger partial charge in [-0.05, 0) is 67.7 Å². The highest BCUT2D eigenvalue weighted by Crippen LogP contribution is 2.36. The van der Waals surface area contributed by atoms with Crippen LogP contribution in [0.25, 0.3) is 0 Å². The second kappa shape index (κ2) is 11.7. The Morgan fingerprint density at radius 2 is 1.77 bits per heavy atom. The maximum Gasteiger partial charge on any atom is 0.490 e. The minimum absolute atomic E-state index is 0.169. The van der Waals surface area contributed by atoms with E-state index in [0.717, 1.165) is 12.8 Å². The normalized spacial score (nSPS) is 20.1.